The zero-order valence-electron chi connectivity index (χ0n) is 8.46. The maximum absolute atomic E-state index is 11.1. The van der Waals surface area contributed by atoms with Crippen LogP contribution in [0.1, 0.15) is 12.5 Å². The van der Waals surface area contributed by atoms with Gasteiger partial charge in [0, 0.05) is 28.8 Å². The molecule has 0 aromatic heterocycles. The Hall–Kier alpha value is -0.890. The van der Waals surface area contributed by atoms with E-state index in [2.05, 4.69) is 18.2 Å². The van der Waals surface area contributed by atoms with E-state index in [1.807, 2.05) is 24.3 Å². The van der Waals surface area contributed by atoms with Crippen molar-refractivity contribution in [2.24, 2.45) is 0 Å². The number of fused-ring (bicyclic) bond motifs is 1. The molecule has 0 aliphatic heterocycles. The fourth-order valence-electron chi connectivity index (χ4n) is 1.71. The molecule has 81 valence electrons. The number of hydrogen-bond donors (Lipinski definition) is 0. The van der Waals surface area contributed by atoms with Crippen LogP contribution in [-0.2, 0) is 33.6 Å². The van der Waals surface area contributed by atoms with Crippen molar-refractivity contribution in [3.05, 3.63) is 48.0 Å². The molecule has 0 heterocycles. The van der Waals surface area contributed by atoms with Crippen molar-refractivity contribution in [1.82, 2.24) is 0 Å². The van der Waals surface area contributed by atoms with Crippen molar-refractivity contribution in [3.63, 3.8) is 0 Å². The van der Waals surface area contributed by atoms with Crippen LogP contribution < -0.4 is 0 Å². The molecule has 0 bridgehead atoms. The van der Waals surface area contributed by atoms with Gasteiger partial charge in [-0.2, -0.15) is 0 Å². The summed E-state index contributed by atoms with van der Waals surface area (Å²) in [5.41, 5.74) is 1.12. The van der Waals surface area contributed by atoms with E-state index in [9.17, 15) is 4.79 Å². The molecule has 0 N–H and O–H groups in total. The van der Waals surface area contributed by atoms with Crippen LogP contribution in [0.2, 0.25) is 0 Å². The molecule has 0 aliphatic rings. The fourth-order valence-corrected chi connectivity index (χ4v) is 1.71. The second-order valence-corrected chi connectivity index (χ2v) is 3.52. The van der Waals surface area contributed by atoms with Crippen molar-refractivity contribution in [3.8, 4) is 0 Å². The van der Waals surface area contributed by atoms with Crippen molar-refractivity contribution in [2.45, 2.75) is 13.3 Å². The Labute approximate surface area is 105 Å². The molecule has 0 unspecified atom stereocenters. The summed E-state index contributed by atoms with van der Waals surface area (Å²) in [6, 6.07) is 14.2. The van der Waals surface area contributed by atoms with Gasteiger partial charge in [-0.15, -0.1) is 0 Å². The van der Waals surface area contributed by atoms with Gasteiger partial charge in [0.1, 0.15) is 5.78 Å². The number of Topliss-reactive ketones (excluding diaryl/α,β-unsaturated/α-hetero) is 1. The van der Waals surface area contributed by atoms with Gasteiger partial charge >= 0.3 is 0 Å². The van der Waals surface area contributed by atoms with E-state index in [0.29, 0.717) is 6.42 Å². The molecule has 0 saturated carbocycles. The van der Waals surface area contributed by atoms with E-state index in [-0.39, 0.29) is 28.2 Å². The molecule has 1 nitrogen and oxygen atoms in total. The van der Waals surface area contributed by atoms with Gasteiger partial charge in [-0.05, 0) is 23.3 Å². The van der Waals surface area contributed by atoms with Gasteiger partial charge in [0.05, 0.1) is 0 Å². The molecule has 0 amide bonds. The molecule has 0 spiro atoms. The predicted octanol–water partition coefficient (Wildman–Crippen LogP) is 2.97. The molecule has 0 atom stereocenters. The van der Waals surface area contributed by atoms with Gasteiger partial charge in [-0.3, -0.25) is 4.79 Å². The molecule has 2 aromatic carbocycles. The average Bonchev–Trinajstić information content (AvgIpc) is 2.18. The van der Waals surface area contributed by atoms with Crippen molar-refractivity contribution in [1.29, 1.82) is 0 Å². The normalized spacial score (nSPS) is 9.67. The summed E-state index contributed by atoms with van der Waals surface area (Å²) in [4.78, 5) is 11.1. The van der Waals surface area contributed by atoms with Gasteiger partial charge in [-0.25, -0.2) is 0 Å². The van der Waals surface area contributed by atoms with E-state index in [0.717, 1.165) is 5.56 Å². The summed E-state index contributed by atoms with van der Waals surface area (Å²) in [6.07, 6.45) is 0.529. The van der Waals surface area contributed by atoms with Gasteiger partial charge in [0.25, 0.3) is 0 Å². The van der Waals surface area contributed by atoms with Crippen LogP contribution in [0, 0.1) is 0 Å². The molecule has 0 fully saturated rings. The average molecular weight is 292 g/mol. The Morgan fingerprint density at radius 1 is 1.07 bits per heavy atom. The van der Waals surface area contributed by atoms with Crippen LogP contribution >= 0.6 is 0 Å². The SMILES string of the molecule is CC(=O)Cc1cccc2ccccc12.[Ag]. The van der Waals surface area contributed by atoms with E-state index >= 15 is 0 Å². The quantitative estimate of drug-likeness (QED) is 0.778. The van der Waals surface area contributed by atoms with Gasteiger partial charge in [0.15, 0.2) is 0 Å². The first kappa shape index (κ1) is 12.2. The topological polar surface area (TPSA) is 17.1 Å². The molecular weight excluding hydrogens is 280 g/mol. The number of carbonyl (C=O) groups is 1. The molecule has 0 aliphatic carbocycles. The van der Waals surface area contributed by atoms with Gasteiger partial charge in [0.2, 0.25) is 0 Å². The Balaban J connectivity index is 0.00000112. The molecule has 0 saturated heterocycles. The Morgan fingerprint density at radius 2 is 1.73 bits per heavy atom. The number of carbonyl (C=O) groups excluding carboxylic acids is 1. The van der Waals surface area contributed by atoms with Crippen LogP contribution in [0.5, 0.6) is 0 Å². The number of ketones is 1. The van der Waals surface area contributed by atoms with Crippen LogP contribution in [0.4, 0.5) is 0 Å². The minimum atomic E-state index is 0. The van der Waals surface area contributed by atoms with Crippen LogP contribution in [0.3, 0.4) is 0 Å². The van der Waals surface area contributed by atoms with E-state index < -0.39 is 0 Å². The monoisotopic (exact) mass is 291 g/mol. The summed E-state index contributed by atoms with van der Waals surface area (Å²) < 4.78 is 0. The fraction of sp³-hybridized carbons (Fsp3) is 0.154. The minimum Gasteiger partial charge on any atom is -0.300 e. The van der Waals surface area contributed by atoms with Crippen LogP contribution in [0.15, 0.2) is 42.5 Å². The first-order valence-electron chi connectivity index (χ1n) is 4.73. The number of hydrogen-bond acceptors (Lipinski definition) is 1. The Bertz CT molecular complexity index is 471. The summed E-state index contributed by atoms with van der Waals surface area (Å²) >= 11 is 0. The zero-order chi connectivity index (χ0) is 9.97. The van der Waals surface area contributed by atoms with E-state index in [4.69, 9.17) is 0 Å². The second kappa shape index (κ2) is 5.26. The summed E-state index contributed by atoms with van der Waals surface area (Å²) in [6.45, 7) is 1.63. The van der Waals surface area contributed by atoms with Crippen molar-refractivity contribution >= 4 is 16.6 Å². The third kappa shape index (κ3) is 2.78. The first-order chi connectivity index (χ1) is 6.77. The molecule has 15 heavy (non-hydrogen) atoms. The number of benzene rings is 2. The molecule has 2 heteroatoms. The predicted molar refractivity (Wildman–Crippen MR) is 58.3 cm³/mol. The number of rotatable bonds is 2. The second-order valence-electron chi connectivity index (χ2n) is 3.52. The van der Waals surface area contributed by atoms with Crippen molar-refractivity contribution < 1.29 is 27.2 Å². The van der Waals surface area contributed by atoms with Gasteiger partial charge in [-0.1, -0.05) is 42.5 Å². The largest absolute Gasteiger partial charge is 0.300 e. The van der Waals surface area contributed by atoms with Crippen LogP contribution in [0.25, 0.3) is 10.8 Å². The maximum atomic E-state index is 11.1. The van der Waals surface area contributed by atoms with Gasteiger partial charge < -0.3 is 0 Å². The standard InChI is InChI=1S/C13H12O.Ag/c1-10(14)9-12-7-4-6-11-5-2-3-8-13(11)12;/h2-8H,9H2,1H3;. The Kier molecular flexibility index (Phi) is 4.28. The van der Waals surface area contributed by atoms with Crippen molar-refractivity contribution in [2.75, 3.05) is 0 Å². The molecular formula is C13H12AgO. The summed E-state index contributed by atoms with van der Waals surface area (Å²) in [5.74, 6) is 0.210. The smallest absolute Gasteiger partial charge is 0.134 e. The molecule has 2 rings (SSSR count). The van der Waals surface area contributed by atoms with E-state index in [1.54, 1.807) is 6.92 Å². The Morgan fingerprint density at radius 3 is 2.47 bits per heavy atom. The molecule has 2 aromatic rings. The summed E-state index contributed by atoms with van der Waals surface area (Å²) in [7, 11) is 0. The molecule has 1 radical (unpaired) electrons. The third-order valence-electron chi connectivity index (χ3n) is 2.32. The summed E-state index contributed by atoms with van der Waals surface area (Å²) in [5, 5.41) is 2.39. The van der Waals surface area contributed by atoms with Crippen LogP contribution in [-0.4, -0.2) is 5.78 Å². The first-order valence-corrected chi connectivity index (χ1v) is 4.73. The van der Waals surface area contributed by atoms with E-state index in [1.165, 1.54) is 10.8 Å². The minimum absolute atomic E-state index is 0. The third-order valence-corrected chi connectivity index (χ3v) is 2.32. The maximum Gasteiger partial charge on any atom is 0.134 e. The zero-order valence-corrected chi connectivity index (χ0v) is 9.94.